The minimum absolute atomic E-state index is 0.00730. The molecule has 2 heterocycles. The van der Waals surface area contributed by atoms with Gasteiger partial charge in [0.05, 0.1) is 23.0 Å². The van der Waals surface area contributed by atoms with Crippen molar-refractivity contribution >= 4 is 40.8 Å². The molecular weight excluding hydrogens is 529 g/mol. The van der Waals surface area contributed by atoms with Crippen LogP contribution in [0, 0.1) is 0 Å². The Balaban J connectivity index is 0.000000273. The van der Waals surface area contributed by atoms with Crippen LogP contribution in [-0.2, 0) is 12.8 Å². The number of anilines is 2. The number of halogens is 3. The van der Waals surface area contributed by atoms with Gasteiger partial charge >= 0.3 is 6.18 Å². The molecule has 0 aromatic heterocycles. The number of ether oxygens (including phenoxy) is 1. The molecule has 2 aliphatic heterocycles. The molecule has 1 N–H and O–H groups in total. The summed E-state index contributed by atoms with van der Waals surface area (Å²) in [4.78, 5) is 16.7. The zero-order valence-electron chi connectivity index (χ0n) is 20.1. The molecule has 0 unspecified atom stereocenters. The topological polar surface area (TPSA) is 41.6 Å². The third-order valence-electron chi connectivity index (χ3n) is 5.90. The lowest BCUT2D eigenvalue weighted by molar-refractivity contribution is -0.139. The number of benzene rings is 4. The van der Waals surface area contributed by atoms with E-state index in [-0.39, 0.29) is 17.9 Å². The number of thioether (sulfide) groups is 2. The monoisotopic (exact) mass is 552 g/mol. The predicted molar refractivity (Wildman–Crippen MR) is 147 cm³/mol. The molecular formula is C29H23F3N2O2S2. The Labute approximate surface area is 227 Å². The van der Waals surface area contributed by atoms with Crippen molar-refractivity contribution in [3.63, 3.8) is 0 Å². The number of nitrogens with one attached hydrogen (secondary N) is 1. The van der Waals surface area contributed by atoms with Crippen molar-refractivity contribution < 1.29 is 22.7 Å². The molecule has 0 aliphatic carbocycles. The van der Waals surface area contributed by atoms with Crippen molar-refractivity contribution in [2.75, 3.05) is 22.0 Å². The van der Waals surface area contributed by atoms with E-state index in [1.807, 2.05) is 30.0 Å². The van der Waals surface area contributed by atoms with Gasteiger partial charge in [0.1, 0.15) is 12.4 Å². The maximum absolute atomic E-state index is 13.6. The van der Waals surface area contributed by atoms with Gasteiger partial charge in [0.25, 0.3) is 5.91 Å². The SMILES string of the molecule is O=C(c1ccc(OCc2ccccc2)c(C(F)(F)F)c1)N1CSc2ccccc21.c1ccc2c(c1)NCS2. The molecule has 4 nitrogen and oxygen atoms in total. The maximum Gasteiger partial charge on any atom is 0.419 e. The molecule has 0 bridgehead atoms. The lowest BCUT2D eigenvalue weighted by atomic mass is 10.1. The van der Waals surface area contributed by atoms with Gasteiger partial charge in [-0.1, -0.05) is 54.6 Å². The third-order valence-corrected chi connectivity index (χ3v) is 7.90. The quantitative estimate of drug-likeness (QED) is 0.277. The first-order chi connectivity index (χ1) is 18.4. The highest BCUT2D eigenvalue weighted by molar-refractivity contribution is 8.00. The molecule has 4 aromatic carbocycles. The molecule has 6 rings (SSSR count). The zero-order chi connectivity index (χ0) is 26.5. The van der Waals surface area contributed by atoms with Gasteiger partial charge in [0, 0.05) is 21.0 Å². The second kappa shape index (κ2) is 11.4. The molecule has 194 valence electrons. The van der Waals surface area contributed by atoms with E-state index in [9.17, 15) is 18.0 Å². The summed E-state index contributed by atoms with van der Waals surface area (Å²) in [5.74, 6) is 0.627. The lowest BCUT2D eigenvalue weighted by Gasteiger charge is -2.19. The number of alkyl halides is 3. The number of hydrogen-bond donors (Lipinski definition) is 1. The van der Waals surface area contributed by atoms with E-state index in [2.05, 4.69) is 29.6 Å². The molecule has 4 aromatic rings. The third kappa shape index (κ3) is 5.95. The first kappa shape index (κ1) is 26.1. The summed E-state index contributed by atoms with van der Waals surface area (Å²) in [6.07, 6.45) is -4.64. The van der Waals surface area contributed by atoms with Gasteiger partial charge in [-0.3, -0.25) is 9.69 Å². The fraction of sp³-hybridized carbons (Fsp3) is 0.138. The zero-order valence-corrected chi connectivity index (χ0v) is 21.7. The van der Waals surface area contributed by atoms with Crippen molar-refractivity contribution in [3.8, 4) is 5.75 Å². The van der Waals surface area contributed by atoms with Crippen LogP contribution >= 0.6 is 23.5 Å². The van der Waals surface area contributed by atoms with Crippen molar-refractivity contribution in [1.29, 1.82) is 0 Å². The van der Waals surface area contributed by atoms with Crippen molar-refractivity contribution in [3.05, 3.63) is 114 Å². The van der Waals surface area contributed by atoms with E-state index >= 15 is 0 Å². The van der Waals surface area contributed by atoms with Gasteiger partial charge in [-0.25, -0.2) is 0 Å². The summed E-state index contributed by atoms with van der Waals surface area (Å²) in [5.41, 5.74) is 1.76. The Bertz CT molecular complexity index is 1410. The second-order valence-corrected chi connectivity index (χ2v) is 10.4. The number of carbonyl (C=O) groups is 1. The second-order valence-electron chi connectivity index (χ2n) is 8.42. The minimum Gasteiger partial charge on any atom is -0.488 e. The van der Waals surface area contributed by atoms with Crippen LogP contribution in [0.5, 0.6) is 5.75 Å². The van der Waals surface area contributed by atoms with Crippen LogP contribution in [0.25, 0.3) is 0 Å². The number of nitrogens with zero attached hydrogens (tertiary/aromatic N) is 1. The van der Waals surface area contributed by atoms with E-state index in [0.29, 0.717) is 11.6 Å². The average molecular weight is 553 g/mol. The van der Waals surface area contributed by atoms with E-state index < -0.39 is 17.6 Å². The minimum atomic E-state index is -4.64. The van der Waals surface area contributed by atoms with Crippen LogP contribution in [-0.4, -0.2) is 17.7 Å². The lowest BCUT2D eigenvalue weighted by Crippen LogP contribution is -2.28. The highest BCUT2D eigenvalue weighted by atomic mass is 32.2. The molecule has 0 spiro atoms. The van der Waals surface area contributed by atoms with Crippen LogP contribution in [0.2, 0.25) is 0 Å². The molecule has 2 aliphatic rings. The van der Waals surface area contributed by atoms with Crippen LogP contribution in [0.1, 0.15) is 21.5 Å². The van der Waals surface area contributed by atoms with Gasteiger partial charge in [0.15, 0.2) is 0 Å². The Morgan fingerprint density at radius 2 is 1.58 bits per heavy atom. The van der Waals surface area contributed by atoms with Gasteiger partial charge < -0.3 is 10.1 Å². The van der Waals surface area contributed by atoms with Crippen LogP contribution in [0.3, 0.4) is 0 Å². The fourth-order valence-corrected chi connectivity index (χ4v) is 5.88. The fourth-order valence-electron chi connectivity index (χ4n) is 4.01. The van der Waals surface area contributed by atoms with Crippen LogP contribution in [0.4, 0.5) is 24.5 Å². The van der Waals surface area contributed by atoms with Gasteiger partial charge in [0.2, 0.25) is 0 Å². The molecule has 0 saturated heterocycles. The molecule has 0 fully saturated rings. The highest BCUT2D eigenvalue weighted by Gasteiger charge is 2.36. The molecule has 0 radical (unpaired) electrons. The molecule has 9 heteroatoms. The van der Waals surface area contributed by atoms with E-state index in [1.54, 1.807) is 36.4 Å². The summed E-state index contributed by atoms with van der Waals surface area (Å²) >= 11 is 3.33. The first-order valence-electron chi connectivity index (χ1n) is 11.8. The highest BCUT2D eigenvalue weighted by Crippen LogP contribution is 2.41. The molecule has 0 atom stereocenters. The predicted octanol–water partition coefficient (Wildman–Crippen LogP) is 8.16. The Hall–Kier alpha value is -3.56. The first-order valence-corrected chi connectivity index (χ1v) is 13.7. The number of para-hydroxylation sites is 2. The Morgan fingerprint density at radius 3 is 2.34 bits per heavy atom. The molecule has 1 amide bonds. The number of rotatable bonds is 4. The van der Waals surface area contributed by atoms with Crippen LogP contribution < -0.4 is 15.0 Å². The van der Waals surface area contributed by atoms with Crippen molar-refractivity contribution in [2.45, 2.75) is 22.6 Å². The van der Waals surface area contributed by atoms with Crippen LogP contribution in [0.15, 0.2) is 107 Å². The smallest absolute Gasteiger partial charge is 0.419 e. The van der Waals surface area contributed by atoms with E-state index in [1.165, 1.54) is 39.4 Å². The Morgan fingerprint density at radius 1 is 0.868 bits per heavy atom. The summed E-state index contributed by atoms with van der Waals surface area (Å²) in [5, 5.41) is 3.26. The number of carbonyl (C=O) groups excluding carboxylic acids is 1. The number of hydrogen-bond acceptors (Lipinski definition) is 5. The average Bonchev–Trinajstić information content (AvgIpc) is 3.59. The maximum atomic E-state index is 13.6. The standard InChI is InChI=1S/C22H16F3NO2S.C7H7NS/c23-22(24,25)17-12-16(10-11-19(17)28-13-15-6-2-1-3-7-15)21(27)26-14-29-20-9-5-4-8-18(20)26;1-2-4-7-6(3-1)8-5-9-7/h1-12H,13-14H2;1-4,8H,5H2. The van der Waals surface area contributed by atoms with Crippen molar-refractivity contribution in [1.82, 2.24) is 0 Å². The van der Waals surface area contributed by atoms with E-state index in [4.69, 9.17) is 4.74 Å². The van der Waals surface area contributed by atoms with Crippen molar-refractivity contribution in [2.24, 2.45) is 0 Å². The largest absolute Gasteiger partial charge is 0.488 e. The van der Waals surface area contributed by atoms with Gasteiger partial charge in [-0.05, 0) is 48.0 Å². The number of fused-ring (bicyclic) bond motifs is 2. The van der Waals surface area contributed by atoms with Gasteiger partial charge in [-0.2, -0.15) is 13.2 Å². The summed E-state index contributed by atoms with van der Waals surface area (Å²) in [6.45, 7) is 0.00730. The summed E-state index contributed by atoms with van der Waals surface area (Å²) < 4.78 is 46.3. The van der Waals surface area contributed by atoms with Gasteiger partial charge in [-0.15, -0.1) is 23.5 Å². The molecule has 38 heavy (non-hydrogen) atoms. The Kier molecular flexibility index (Phi) is 7.85. The number of amides is 1. The van der Waals surface area contributed by atoms with E-state index in [0.717, 1.165) is 22.4 Å². The summed E-state index contributed by atoms with van der Waals surface area (Å²) in [6, 6.07) is 28.1. The molecule has 0 saturated carbocycles. The normalized spacial score (nSPS) is 13.6. The summed E-state index contributed by atoms with van der Waals surface area (Å²) in [7, 11) is 0.